The van der Waals surface area contributed by atoms with E-state index in [4.69, 9.17) is 9.97 Å². The fraction of sp³-hybridized carbons (Fsp3) is 0. The lowest BCUT2D eigenvalue weighted by Gasteiger charge is -2.13. The van der Waals surface area contributed by atoms with E-state index in [0.717, 1.165) is 61.0 Å². The molecule has 0 saturated heterocycles. The van der Waals surface area contributed by atoms with E-state index in [9.17, 15) is 0 Å². The Balaban J connectivity index is 0.990. The average molecular weight is 828 g/mol. The van der Waals surface area contributed by atoms with E-state index < -0.39 is 0 Å². The first kappa shape index (κ1) is 35.8. The van der Waals surface area contributed by atoms with Crippen LogP contribution >= 0.6 is 0 Å². The quantitative estimate of drug-likeness (QED) is 0.173. The van der Waals surface area contributed by atoms with Crippen molar-refractivity contribution in [1.82, 2.24) is 23.7 Å². The van der Waals surface area contributed by atoms with Crippen LogP contribution in [0.2, 0.25) is 0 Å². The molecule has 0 radical (unpaired) electrons. The fourth-order valence-electron chi connectivity index (χ4n) is 10.6. The number of rotatable bonds is 5. The highest BCUT2D eigenvalue weighted by Gasteiger charge is 2.21. The van der Waals surface area contributed by atoms with Crippen LogP contribution in [0.3, 0.4) is 0 Å². The second-order valence-electron chi connectivity index (χ2n) is 17.0. The highest BCUT2D eigenvalue weighted by Crippen LogP contribution is 2.42. The monoisotopic (exact) mass is 827 g/mol. The maximum Gasteiger partial charge on any atom is 0.235 e. The Morgan fingerprint density at radius 1 is 0.277 bits per heavy atom. The minimum absolute atomic E-state index is 0.642. The molecule has 0 spiro atoms. The standard InChI is InChI=1S/C60H37N5/c1-3-16-42(17-4-1)63-52-25-13-10-21-45(52)48-35-39(28-31-54(48)63)40-29-32-56-50(36-40)58-44-20-8-7-15-38(44)27-34-57(58)65(56)60-61-51-24-12-9-23-47(51)59(62-60)41-30-33-55-49(37-41)46-22-11-14-26-53(46)64(55)43-18-5-2-6-19-43/h1-37H. The lowest BCUT2D eigenvalue weighted by molar-refractivity contribution is 1.01. The van der Waals surface area contributed by atoms with Gasteiger partial charge < -0.3 is 9.13 Å². The van der Waals surface area contributed by atoms with Gasteiger partial charge in [0.1, 0.15) is 0 Å². The van der Waals surface area contributed by atoms with Crippen LogP contribution in [-0.4, -0.2) is 23.7 Å². The first-order valence-electron chi connectivity index (χ1n) is 22.2. The number of hydrogen-bond donors (Lipinski definition) is 0. The lowest BCUT2D eigenvalue weighted by Crippen LogP contribution is -2.03. The van der Waals surface area contributed by atoms with Crippen LogP contribution in [0.15, 0.2) is 224 Å². The third kappa shape index (κ3) is 5.33. The zero-order valence-corrected chi connectivity index (χ0v) is 35.1. The van der Waals surface area contributed by atoms with E-state index in [1.54, 1.807) is 0 Å². The summed E-state index contributed by atoms with van der Waals surface area (Å²) >= 11 is 0. The Morgan fingerprint density at radius 2 is 0.738 bits per heavy atom. The summed E-state index contributed by atoms with van der Waals surface area (Å²) in [5, 5.41) is 10.6. The van der Waals surface area contributed by atoms with Crippen molar-refractivity contribution in [2.45, 2.75) is 0 Å². The smallest absolute Gasteiger partial charge is 0.235 e. The number of aromatic nitrogens is 5. The van der Waals surface area contributed by atoms with Crippen molar-refractivity contribution < 1.29 is 0 Å². The van der Waals surface area contributed by atoms with Gasteiger partial charge in [0, 0.05) is 54.6 Å². The van der Waals surface area contributed by atoms with Gasteiger partial charge in [-0.15, -0.1) is 0 Å². The summed E-state index contributed by atoms with van der Waals surface area (Å²) < 4.78 is 7.00. The Kier molecular flexibility index (Phi) is 7.62. The van der Waals surface area contributed by atoms with Crippen molar-refractivity contribution in [1.29, 1.82) is 0 Å². The van der Waals surface area contributed by atoms with Crippen LogP contribution in [0.25, 0.3) is 127 Å². The summed E-state index contributed by atoms with van der Waals surface area (Å²) in [5.41, 5.74) is 14.3. The van der Waals surface area contributed by atoms with Crippen LogP contribution in [-0.2, 0) is 0 Å². The fourth-order valence-corrected chi connectivity index (χ4v) is 10.6. The maximum atomic E-state index is 5.56. The van der Waals surface area contributed by atoms with Crippen LogP contribution in [0.5, 0.6) is 0 Å². The predicted octanol–water partition coefficient (Wildman–Crippen LogP) is 15.4. The van der Waals surface area contributed by atoms with Crippen LogP contribution in [0.1, 0.15) is 0 Å². The number of benzene rings is 10. The van der Waals surface area contributed by atoms with Gasteiger partial charge in [-0.05, 0) is 107 Å². The molecular formula is C60H37N5. The highest BCUT2D eigenvalue weighted by molar-refractivity contribution is 6.22. The highest BCUT2D eigenvalue weighted by atomic mass is 15.2. The van der Waals surface area contributed by atoms with Gasteiger partial charge in [0.15, 0.2) is 0 Å². The molecule has 0 atom stereocenters. The Bertz CT molecular complexity index is 4230. The third-order valence-corrected chi connectivity index (χ3v) is 13.4. The Morgan fingerprint density at radius 3 is 1.38 bits per heavy atom. The summed E-state index contributed by atoms with van der Waals surface area (Å²) in [6, 6.07) is 80.8. The van der Waals surface area contributed by atoms with E-state index in [2.05, 4.69) is 238 Å². The summed E-state index contributed by atoms with van der Waals surface area (Å²) in [6.45, 7) is 0. The van der Waals surface area contributed by atoms with Gasteiger partial charge in [0.05, 0.1) is 44.3 Å². The van der Waals surface area contributed by atoms with Crippen molar-refractivity contribution in [2.24, 2.45) is 0 Å². The molecule has 5 heteroatoms. The van der Waals surface area contributed by atoms with Gasteiger partial charge >= 0.3 is 0 Å². The van der Waals surface area contributed by atoms with Gasteiger partial charge in [-0.25, -0.2) is 9.97 Å². The van der Waals surface area contributed by atoms with E-state index >= 15 is 0 Å². The minimum Gasteiger partial charge on any atom is -0.309 e. The summed E-state index contributed by atoms with van der Waals surface area (Å²) in [7, 11) is 0. The second kappa shape index (κ2) is 13.9. The molecule has 0 fully saturated rings. The van der Waals surface area contributed by atoms with E-state index in [-0.39, 0.29) is 0 Å². The molecule has 14 aromatic rings. The van der Waals surface area contributed by atoms with Crippen molar-refractivity contribution in [2.75, 3.05) is 0 Å². The first-order chi connectivity index (χ1) is 32.2. The van der Waals surface area contributed by atoms with E-state index in [1.165, 1.54) is 59.8 Å². The van der Waals surface area contributed by atoms with Gasteiger partial charge in [-0.2, -0.15) is 0 Å². The molecule has 0 N–H and O–H groups in total. The Labute approximate surface area is 373 Å². The normalized spacial score (nSPS) is 12.0. The summed E-state index contributed by atoms with van der Waals surface area (Å²) in [4.78, 5) is 10.9. The molecule has 14 rings (SSSR count). The molecule has 0 aliphatic heterocycles. The predicted molar refractivity (Wildman–Crippen MR) is 271 cm³/mol. The van der Waals surface area contributed by atoms with Crippen molar-refractivity contribution >= 4 is 87.1 Å². The number of fused-ring (bicyclic) bond motifs is 12. The first-order valence-corrected chi connectivity index (χ1v) is 22.2. The molecule has 0 amide bonds. The SMILES string of the molecule is c1ccc(-n2c3ccccc3c3cc(-c4ccc5c(c4)c4c6ccccc6ccc4n5-c4nc(-c5ccc6c(c5)c5ccccc5n6-c5ccccc5)c5ccccc5n4)ccc32)cc1. The Hall–Kier alpha value is -8.80. The number of nitrogens with zero attached hydrogens (tertiary/aromatic N) is 5. The zero-order chi connectivity index (χ0) is 42.6. The topological polar surface area (TPSA) is 40.6 Å². The molecular weight excluding hydrogens is 791 g/mol. The summed E-state index contributed by atoms with van der Waals surface area (Å²) in [5.74, 6) is 0.642. The molecule has 0 saturated carbocycles. The van der Waals surface area contributed by atoms with Crippen LogP contribution in [0, 0.1) is 0 Å². The van der Waals surface area contributed by atoms with Gasteiger partial charge in [-0.3, -0.25) is 4.57 Å². The summed E-state index contributed by atoms with van der Waals surface area (Å²) in [6.07, 6.45) is 0. The lowest BCUT2D eigenvalue weighted by atomic mass is 9.99. The largest absolute Gasteiger partial charge is 0.309 e. The number of hydrogen-bond acceptors (Lipinski definition) is 2. The molecule has 5 nitrogen and oxygen atoms in total. The number of para-hydroxylation sites is 5. The third-order valence-electron chi connectivity index (χ3n) is 13.4. The minimum atomic E-state index is 0.642. The second-order valence-corrected chi connectivity index (χ2v) is 17.0. The molecule has 0 aliphatic carbocycles. The molecule has 302 valence electrons. The molecule has 0 aliphatic rings. The van der Waals surface area contributed by atoms with Crippen LogP contribution in [0.4, 0.5) is 0 Å². The molecule has 10 aromatic carbocycles. The van der Waals surface area contributed by atoms with Gasteiger partial charge in [0.2, 0.25) is 5.95 Å². The average Bonchev–Trinajstić information content (AvgIpc) is 4.01. The van der Waals surface area contributed by atoms with E-state index in [1.807, 2.05) is 0 Å². The van der Waals surface area contributed by atoms with Crippen molar-refractivity contribution in [3.05, 3.63) is 224 Å². The van der Waals surface area contributed by atoms with Gasteiger partial charge in [-0.1, -0.05) is 140 Å². The molecule has 4 heterocycles. The molecule has 0 bridgehead atoms. The molecule has 4 aromatic heterocycles. The van der Waals surface area contributed by atoms with Crippen molar-refractivity contribution in [3.8, 4) is 39.7 Å². The molecule has 0 unspecified atom stereocenters. The maximum absolute atomic E-state index is 5.56. The van der Waals surface area contributed by atoms with Crippen LogP contribution < -0.4 is 0 Å². The zero-order valence-electron chi connectivity index (χ0n) is 35.1. The van der Waals surface area contributed by atoms with Gasteiger partial charge in [0.25, 0.3) is 0 Å². The van der Waals surface area contributed by atoms with Crippen molar-refractivity contribution in [3.63, 3.8) is 0 Å². The van der Waals surface area contributed by atoms with E-state index in [0.29, 0.717) is 5.95 Å². The molecule has 65 heavy (non-hydrogen) atoms.